The molecule has 7 heteroatoms. The lowest BCUT2D eigenvalue weighted by Crippen LogP contribution is -2.31. The summed E-state index contributed by atoms with van der Waals surface area (Å²) in [6.07, 6.45) is 2.70. The molecule has 0 atom stereocenters. The maximum absolute atomic E-state index is 12.4. The molecule has 1 fully saturated rings. The van der Waals surface area contributed by atoms with Crippen LogP contribution in [0, 0.1) is 0 Å². The number of pyridine rings is 1. The monoisotopic (exact) mass is 416 g/mol. The van der Waals surface area contributed by atoms with E-state index in [1.54, 1.807) is 24.4 Å². The second-order valence-corrected chi connectivity index (χ2v) is 8.07. The van der Waals surface area contributed by atoms with Gasteiger partial charge in [-0.2, -0.15) is 0 Å². The van der Waals surface area contributed by atoms with Crippen molar-refractivity contribution in [3.8, 4) is 0 Å². The lowest BCUT2D eigenvalue weighted by molar-refractivity contribution is 0.245. The Kier molecular flexibility index (Phi) is 5.97. The third kappa shape index (κ3) is 4.73. The average Bonchev–Trinajstić information content (AvgIpc) is 2.89. The van der Waals surface area contributed by atoms with Gasteiger partial charge in [0.15, 0.2) is 0 Å². The van der Waals surface area contributed by atoms with E-state index in [0.717, 1.165) is 49.9 Å². The van der Waals surface area contributed by atoms with E-state index in [4.69, 9.17) is 23.2 Å². The summed E-state index contributed by atoms with van der Waals surface area (Å²) in [5.74, 6) is 0. The summed E-state index contributed by atoms with van der Waals surface area (Å²) >= 11 is 12.0. The highest BCUT2D eigenvalue weighted by molar-refractivity contribution is 6.30. The molecule has 5 nitrogen and oxygen atoms in total. The van der Waals surface area contributed by atoms with Crippen molar-refractivity contribution in [3.05, 3.63) is 80.3 Å². The van der Waals surface area contributed by atoms with Gasteiger partial charge in [-0.15, -0.1) is 0 Å². The molecule has 0 N–H and O–H groups in total. The van der Waals surface area contributed by atoms with E-state index in [1.165, 1.54) is 9.96 Å². The van der Waals surface area contributed by atoms with Crippen LogP contribution >= 0.6 is 23.2 Å². The van der Waals surface area contributed by atoms with Crippen LogP contribution in [0.4, 0.5) is 0 Å². The highest BCUT2D eigenvalue weighted by atomic mass is 35.5. The van der Waals surface area contributed by atoms with Crippen LogP contribution in [0.25, 0.3) is 5.65 Å². The topological polar surface area (TPSA) is 40.9 Å². The molecule has 1 saturated heterocycles. The van der Waals surface area contributed by atoms with Crippen molar-refractivity contribution >= 4 is 28.8 Å². The van der Waals surface area contributed by atoms with Gasteiger partial charge in [0.2, 0.25) is 0 Å². The Balaban J connectivity index is 1.41. The van der Waals surface area contributed by atoms with Gasteiger partial charge in [0.1, 0.15) is 5.65 Å². The van der Waals surface area contributed by atoms with Gasteiger partial charge in [-0.1, -0.05) is 35.3 Å². The summed E-state index contributed by atoms with van der Waals surface area (Å²) < 4.78 is 1.49. The second kappa shape index (κ2) is 8.62. The number of nitrogens with zero attached hydrogens (tertiary/aromatic N) is 4. The molecule has 0 amide bonds. The fourth-order valence-corrected chi connectivity index (χ4v) is 3.91. The maximum Gasteiger partial charge on any atom is 0.258 e. The Bertz CT molecular complexity index is 1020. The Hall–Kier alpha value is -1.92. The van der Waals surface area contributed by atoms with Crippen LogP contribution in [0.5, 0.6) is 0 Å². The van der Waals surface area contributed by atoms with E-state index < -0.39 is 0 Å². The largest absolute Gasteiger partial charge is 0.298 e. The molecule has 0 saturated carbocycles. The quantitative estimate of drug-likeness (QED) is 0.649. The number of halogens is 2. The summed E-state index contributed by atoms with van der Waals surface area (Å²) in [6, 6.07) is 13.2. The van der Waals surface area contributed by atoms with Crippen LogP contribution < -0.4 is 5.56 Å². The summed E-state index contributed by atoms with van der Waals surface area (Å²) in [4.78, 5) is 21.8. The second-order valence-electron chi connectivity index (χ2n) is 7.19. The molecule has 1 aromatic carbocycles. The minimum atomic E-state index is -0.0957. The van der Waals surface area contributed by atoms with Crippen LogP contribution in [0.2, 0.25) is 10.0 Å². The van der Waals surface area contributed by atoms with Crippen LogP contribution in [0.15, 0.2) is 53.5 Å². The van der Waals surface area contributed by atoms with Gasteiger partial charge in [0.25, 0.3) is 5.56 Å². The zero-order chi connectivity index (χ0) is 19.5. The number of benzene rings is 1. The van der Waals surface area contributed by atoms with E-state index in [9.17, 15) is 4.79 Å². The van der Waals surface area contributed by atoms with E-state index >= 15 is 0 Å². The van der Waals surface area contributed by atoms with Crippen molar-refractivity contribution in [2.24, 2.45) is 0 Å². The normalized spacial score (nSPS) is 16.4. The summed E-state index contributed by atoms with van der Waals surface area (Å²) in [5.41, 5.74) is 2.62. The lowest BCUT2D eigenvalue weighted by atomic mass is 10.2. The molecule has 1 aliphatic rings. The van der Waals surface area contributed by atoms with Gasteiger partial charge in [-0.05, 0) is 49.3 Å². The highest BCUT2D eigenvalue weighted by Gasteiger charge is 2.16. The first-order valence-electron chi connectivity index (χ1n) is 9.44. The third-order valence-electron chi connectivity index (χ3n) is 5.06. The van der Waals surface area contributed by atoms with Gasteiger partial charge < -0.3 is 0 Å². The molecule has 0 unspecified atom stereocenters. The van der Waals surface area contributed by atoms with Crippen molar-refractivity contribution < 1.29 is 0 Å². The Morgan fingerprint density at radius 1 is 0.857 bits per heavy atom. The predicted molar refractivity (Wildman–Crippen MR) is 113 cm³/mol. The molecule has 28 heavy (non-hydrogen) atoms. The van der Waals surface area contributed by atoms with Gasteiger partial charge in [-0.25, -0.2) is 4.98 Å². The molecule has 3 aromatic rings. The predicted octanol–water partition coefficient (Wildman–Crippen LogP) is 3.71. The van der Waals surface area contributed by atoms with E-state index in [1.807, 2.05) is 12.1 Å². The number of aromatic nitrogens is 2. The molecular formula is C21H22Cl2N4O. The Labute approximate surface area is 174 Å². The molecule has 146 valence electrons. The first-order valence-corrected chi connectivity index (χ1v) is 10.2. The van der Waals surface area contributed by atoms with E-state index in [0.29, 0.717) is 17.2 Å². The number of hydrogen-bond acceptors (Lipinski definition) is 4. The highest BCUT2D eigenvalue weighted by Crippen LogP contribution is 2.14. The number of rotatable bonds is 4. The average molecular weight is 417 g/mol. The van der Waals surface area contributed by atoms with Crippen LogP contribution in [0.1, 0.15) is 17.7 Å². The lowest BCUT2D eigenvalue weighted by Gasteiger charge is -2.21. The zero-order valence-electron chi connectivity index (χ0n) is 15.5. The molecule has 3 heterocycles. The first kappa shape index (κ1) is 19.4. The van der Waals surface area contributed by atoms with Gasteiger partial charge >= 0.3 is 0 Å². The molecule has 0 radical (unpaired) electrons. The van der Waals surface area contributed by atoms with Crippen molar-refractivity contribution in [2.75, 3.05) is 26.2 Å². The molecular weight excluding hydrogens is 395 g/mol. The van der Waals surface area contributed by atoms with Gasteiger partial charge in [0.05, 0.1) is 10.7 Å². The molecule has 0 aliphatic carbocycles. The fourth-order valence-electron chi connectivity index (χ4n) is 3.62. The summed E-state index contributed by atoms with van der Waals surface area (Å²) in [7, 11) is 0. The maximum atomic E-state index is 12.4. The van der Waals surface area contributed by atoms with E-state index in [-0.39, 0.29) is 5.56 Å². The van der Waals surface area contributed by atoms with Crippen LogP contribution in [-0.2, 0) is 13.1 Å². The van der Waals surface area contributed by atoms with E-state index in [2.05, 4.69) is 26.9 Å². The Morgan fingerprint density at radius 3 is 2.29 bits per heavy atom. The first-order chi connectivity index (χ1) is 13.6. The summed E-state index contributed by atoms with van der Waals surface area (Å²) in [5, 5.41) is 1.30. The number of hydrogen-bond donors (Lipinski definition) is 0. The smallest absolute Gasteiger partial charge is 0.258 e. The van der Waals surface area contributed by atoms with Gasteiger partial charge in [0, 0.05) is 43.5 Å². The fraction of sp³-hybridized carbons (Fsp3) is 0.333. The van der Waals surface area contributed by atoms with Crippen LogP contribution in [0.3, 0.4) is 0 Å². The molecule has 0 spiro atoms. The molecule has 0 bridgehead atoms. The van der Waals surface area contributed by atoms with Crippen LogP contribution in [-0.4, -0.2) is 45.4 Å². The zero-order valence-corrected chi connectivity index (χ0v) is 17.0. The number of fused-ring (bicyclic) bond motifs is 1. The Morgan fingerprint density at radius 2 is 1.54 bits per heavy atom. The SMILES string of the molecule is O=c1cc(CN2CCCN(Cc3ccc(Cl)cc3)CC2)nc2ccc(Cl)cn12. The standard InChI is InChI=1S/C21H22Cl2N4O/c22-17-4-2-16(3-5-17)13-25-8-1-9-26(11-10-25)15-19-12-21(28)27-14-18(23)6-7-20(27)24-19/h2-7,12,14H,1,8-11,13,15H2. The minimum absolute atomic E-state index is 0.0957. The van der Waals surface area contributed by atoms with Crippen molar-refractivity contribution in [1.29, 1.82) is 0 Å². The van der Waals surface area contributed by atoms with Crippen molar-refractivity contribution in [1.82, 2.24) is 19.2 Å². The summed E-state index contributed by atoms with van der Waals surface area (Å²) in [6.45, 7) is 5.62. The van der Waals surface area contributed by atoms with Gasteiger partial charge in [-0.3, -0.25) is 19.0 Å². The van der Waals surface area contributed by atoms with Crippen molar-refractivity contribution in [3.63, 3.8) is 0 Å². The van der Waals surface area contributed by atoms with Crippen molar-refractivity contribution in [2.45, 2.75) is 19.5 Å². The minimum Gasteiger partial charge on any atom is -0.298 e. The molecule has 2 aromatic heterocycles. The molecule has 4 rings (SSSR count). The molecule has 1 aliphatic heterocycles. The third-order valence-corrected chi connectivity index (χ3v) is 5.54.